The van der Waals surface area contributed by atoms with Crippen molar-refractivity contribution in [2.45, 2.75) is 64.5 Å². The maximum absolute atomic E-state index is 13.8. The smallest absolute Gasteiger partial charge is 0.170 e. The van der Waals surface area contributed by atoms with E-state index in [9.17, 15) is 13.2 Å². The molecule has 1 saturated carbocycles. The van der Waals surface area contributed by atoms with Gasteiger partial charge in [-0.25, -0.2) is 0 Å². The van der Waals surface area contributed by atoms with E-state index in [1.807, 2.05) is 19.1 Å². The van der Waals surface area contributed by atoms with Gasteiger partial charge in [-0.15, -0.1) is 0 Å². The molecule has 0 bridgehead atoms. The number of fused-ring (bicyclic) bond motifs is 3. The van der Waals surface area contributed by atoms with E-state index in [1.54, 1.807) is 0 Å². The Labute approximate surface area is 136 Å². The Bertz CT molecular complexity index is 641. The summed E-state index contributed by atoms with van der Waals surface area (Å²) in [6.07, 6.45) is 1.26. The van der Waals surface area contributed by atoms with Crippen molar-refractivity contribution in [2.75, 3.05) is 0 Å². The van der Waals surface area contributed by atoms with Gasteiger partial charge in [0.15, 0.2) is 0 Å². The maximum atomic E-state index is 13.8. The van der Waals surface area contributed by atoms with Crippen molar-refractivity contribution in [3.05, 3.63) is 41.0 Å². The average Bonchev–Trinajstić information content (AvgIpc) is 2.45. The van der Waals surface area contributed by atoms with E-state index in [-0.39, 0.29) is 6.42 Å². The third-order valence-corrected chi connectivity index (χ3v) is 6.24. The van der Waals surface area contributed by atoms with Crippen molar-refractivity contribution in [3.63, 3.8) is 0 Å². The first kappa shape index (κ1) is 16.6. The van der Waals surface area contributed by atoms with E-state index in [2.05, 4.69) is 32.0 Å². The summed E-state index contributed by atoms with van der Waals surface area (Å²) in [5.74, 6) is -0.0628. The summed E-state index contributed by atoms with van der Waals surface area (Å²) in [5.41, 5.74) is 1.36. The van der Waals surface area contributed by atoms with Crippen LogP contribution in [0.15, 0.2) is 24.3 Å². The van der Waals surface area contributed by atoms with Crippen LogP contribution in [-0.2, 0) is 5.41 Å². The molecule has 0 heterocycles. The lowest BCUT2D eigenvalue weighted by Gasteiger charge is -2.53. The molecule has 3 rings (SSSR count). The van der Waals surface area contributed by atoms with Gasteiger partial charge in [0, 0.05) is 11.3 Å². The van der Waals surface area contributed by atoms with E-state index in [4.69, 9.17) is 0 Å². The lowest BCUT2D eigenvalue weighted by molar-refractivity contribution is -0.248. The highest BCUT2D eigenvalue weighted by molar-refractivity contribution is 5.62. The molecule has 0 aliphatic heterocycles. The minimum atomic E-state index is -4.17. The second kappa shape index (κ2) is 5.12. The quantitative estimate of drug-likeness (QED) is 0.556. The lowest BCUT2D eigenvalue weighted by atomic mass is 9.51. The van der Waals surface area contributed by atoms with Gasteiger partial charge < -0.3 is 0 Å². The summed E-state index contributed by atoms with van der Waals surface area (Å²) in [6, 6.07) is 6.31. The van der Waals surface area contributed by atoms with Gasteiger partial charge >= 0.3 is 6.18 Å². The fraction of sp³-hybridized carbons (Fsp3) is 0.600. The van der Waals surface area contributed by atoms with Gasteiger partial charge in [0.1, 0.15) is 0 Å². The van der Waals surface area contributed by atoms with Crippen molar-refractivity contribution in [3.8, 4) is 0 Å². The summed E-state index contributed by atoms with van der Waals surface area (Å²) < 4.78 is 41.3. The number of alkyl halides is 3. The number of allylic oxidation sites excluding steroid dienone is 1. The molecule has 0 N–H and O–H groups in total. The molecular formula is C20H25F3. The second-order valence-electron chi connectivity index (χ2n) is 8.02. The fourth-order valence-corrected chi connectivity index (χ4v) is 4.68. The molecule has 0 unspecified atom stereocenters. The van der Waals surface area contributed by atoms with Gasteiger partial charge in [-0.1, -0.05) is 64.5 Å². The molecule has 1 fully saturated rings. The van der Waals surface area contributed by atoms with Crippen LogP contribution in [0.5, 0.6) is 0 Å². The Kier molecular flexibility index (Phi) is 3.70. The van der Waals surface area contributed by atoms with E-state index in [0.717, 1.165) is 17.5 Å². The van der Waals surface area contributed by atoms with Gasteiger partial charge in [0.2, 0.25) is 0 Å². The molecule has 3 heteroatoms. The number of hydrogen-bond donors (Lipinski definition) is 0. The first-order chi connectivity index (χ1) is 10.6. The molecule has 1 aromatic carbocycles. The molecule has 3 atom stereocenters. The normalized spacial score (nSPS) is 33.5. The standard InChI is InChI=1S/C20H25F3/c1-13(2)14-6-8-16-15(12-14)7-9-17-18(16,3)10-5-11-19(17,4)20(21,22)23/h6-9,12-13,17H,5,10-11H2,1-4H3/t17-,18-,19-/m1/s1. The van der Waals surface area contributed by atoms with E-state index in [1.165, 1.54) is 12.5 Å². The van der Waals surface area contributed by atoms with Crippen molar-refractivity contribution in [1.29, 1.82) is 0 Å². The summed E-state index contributed by atoms with van der Waals surface area (Å²) in [4.78, 5) is 0. The number of benzene rings is 1. The SMILES string of the molecule is CC(C)c1ccc2c(c1)C=C[C@@H]1[C@]2(C)CCC[C@@]1(C)C(F)(F)F. The minimum absolute atomic E-state index is 0.223. The zero-order valence-electron chi connectivity index (χ0n) is 14.3. The molecule has 0 nitrogen and oxygen atoms in total. The first-order valence-corrected chi connectivity index (χ1v) is 8.49. The molecule has 126 valence electrons. The molecule has 2 aliphatic rings. The van der Waals surface area contributed by atoms with E-state index in [0.29, 0.717) is 12.3 Å². The lowest BCUT2D eigenvalue weighted by Crippen LogP contribution is -2.53. The Morgan fingerprint density at radius 3 is 2.43 bits per heavy atom. The molecule has 0 radical (unpaired) electrons. The average molecular weight is 322 g/mol. The predicted molar refractivity (Wildman–Crippen MR) is 88.4 cm³/mol. The Balaban J connectivity index is 2.12. The van der Waals surface area contributed by atoms with Gasteiger partial charge in [-0.3, -0.25) is 0 Å². The molecule has 2 aliphatic carbocycles. The number of hydrogen-bond acceptors (Lipinski definition) is 0. The summed E-state index contributed by atoms with van der Waals surface area (Å²) in [5, 5.41) is 0. The molecule has 1 aromatic rings. The van der Waals surface area contributed by atoms with Crippen LogP contribution in [0.4, 0.5) is 13.2 Å². The van der Waals surface area contributed by atoms with Gasteiger partial charge in [0.05, 0.1) is 5.41 Å². The van der Waals surface area contributed by atoms with Crippen molar-refractivity contribution >= 4 is 6.08 Å². The van der Waals surface area contributed by atoms with Crippen LogP contribution in [0.25, 0.3) is 6.08 Å². The zero-order valence-corrected chi connectivity index (χ0v) is 14.3. The van der Waals surface area contributed by atoms with Gasteiger partial charge in [0.25, 0.3) is 0 Å². The van der Waals surface area contributed by atoms with E-state index < -0.39 is 22.9 Å². The molecule has 0 spiro atoms. The summed E-state index contributed by atoms with van der Waals surface area (Å²) in [7, 11) is 0. The zero-order chi connectivity index (χ0) is 17.0. The Morgan fingerprint density at radius 2 is 1.83 bits per heavy atom. The molecule has 23 heavy (non-hydrogen) atoms. The van der Waals surface area contributed by atoms with Crippen LogP contribution in [0.2, 0.25) is 0 Å². The Hall–Kier alpha value is -1.25. The van der Waals surface area contributed by atoms with Crippen LogP contribution in [-0.4, -0.2) is 6.18 Å². The van der Waals surface area contributed by atoms with Crippen molar-refractivity contribution in [1.82, 2.24) is 0 Å². The van der Waals surface area contributed by atoms with Crippen molar-refractivity contribution in [2.24, 2.45) is 11.3 Å². The summed E-state index contributed by atoms with van der Waals surface area (Å²) >= 11 is 0. The number of halogens is 3. The fourth-order valence-electron chi connectivity index (χ4n) is 4.68. The molecule has 0 amide bonds. The number of rotatable bonds is 1. The highest BCUT2D eigenvalue weighted by Gasteiger charge is 2.62. The molecule has 0 saturated heterocycles. The second-order valence-corrected chi connectivity index (χ2v) is 8.02. The highest BCUT2D eigenvalue weighted by atomic mass is 19.4. The minimum Gasteiger partial charge on any atom is -0.170 e. The van der Waals surface area contributed by atoms with Gasteiger partial charge in [-0.2, -0.15) is 13.2 Å². The van der Waals surface area contributed by atoms with Crippen LogP contribution in [0.1, 0.15) is 69.6 Å². The maximum Gasteiger partial charge on any atom is 0.394 e. The van der Waals surface area contributed by atoms with Crippen LogP contribution < -0.4 is 0 Å². The third kappa shape index (κ3) is 2.35. The van der Waals surface area contributed by atoms with Crippen LogP contribution in [0, 0.1) is 11.3 Å². The van der Waals surface area contributed by atoms with Crippen LogP contribution in [0.3, 0.4) is 0 Å². The van der Waals surface area contributed by atoms with E-state index >= 15 is 0 Å². The molecular weight excluding hydrogens is 297 g/mol. The highest BCUT2D eigenvalue weighted by Crippen LogP contribution is 2.61. The van der Waals surface area contributed by atoms with Crippen LogP contribution >= 0.6 is 0 Å². The third-order valence-electron chi connectivity index (χ3n) is 6.24. The predicted octanol–water partition coefficient (Wildman–Crippen LogP) is 6.46. The Morgan fingerprint density at radius 1 is 1.13 bits per heavy atom. The van der Waals surface area contributed by atoms with Gasteiger partial charge in [-0.05, 0) is 35.4 Å². The van der Waals surface area contributed by atoms with Crippen molar-refractivity contribution < 1.29 is 13.2 Å². The summed E-state index contributed by atoms with van der Waals surface area (Å²) in [6.45, 7) is 7.71. The molecule has 0 aromatic heterocycles. The topological polar surface area (TPSA) is 0 Å². The monoisotopic (exact) mass is 322 g/mol. The first-order valence-electron chi connectivity index (χ1n) is 8.49. The largest absolute Gasteiger partial charge is 0.394 e.